The third kappa shape index (κ3) is 3.19. The van der Waals surface area contributed by atoms with Crippen molar-refractivity contribution in [2.45, 2.75) is 31.8 Å². The lowest BCUT2D eigenvalue weighted by molar-refractivity contribution is 0.703. The number of thioether (sulfide) groups is 1. The number of rotatable bonds is 5. The largest absolute Gasteiger partial charge is 0.334 e. The Morgan fingerprint density at radius 1 is 1.35 bits per heavy atom. The van der Waals surface area contributed by atoms with Crippen molar-refractivity contribution >= 4 is 11.8 Å². The first kappa shape index (κ1) is 14.6. The number of nitrogen functional groups attached to an aromatic ring is 1. The number of hydrogen-bond acceptors (Lipinski definition) is 5. The third-order valence-electron chi connectivity index (χ3n) is 2.88. The van der Waals surface area contributed by atoms with Gasteiger partial charge in [0.05, 0.1) is 0 Å². The highest BCUT2D eigenvalue weighted by Gasteiger charge is 2.12. The van der Waals surface area contributed by atoms with Gasteiger partial charge in [-0.1, -0.05) is 48.9 Å². The average Bonchev–Trinajstić information content (AvgIpc) is 2.44. The number of hydrogen-bond donors (Lipinski definition) is 1. The predicted octanol–water partition coefficient (Wildman–Crippen LogP) is 2.22. The summed E-state index contributed by atoms with van der Waals surface area (Å²) in [4.78, 5) is 12.3. The second-order valence-corrected chi connectivity index (χ2v) is 5.64. The highest BCUT2D eigenvalue weighted by Crippen LogP contribution is 2.17. The van der Waals surface area contributed by atoms with Crippen molar-refractivity contribution in [2.24, 2.45) is 0 Å². The maximum Gasteiger partial charge on any atom is 0.299 e. The summed E-state index contributed by atoms with van der Waals surface area (Å²) >= 11 is 1.46. The highest BCUT2D eigenvalue weighted by atomic mass is 32.2. The van der Waals surface area contributed by atoms with Gasteiger partial charge < -0.3 is 5.84 Å². The zero-order valence-corrected chi connectivity index (χ0v) is 12.5. The maximum atomic E-state index is 12.3. The number of aromatic nitrogens is 3. The molecule has 20 heavy (non-hydrogen) atoms. The van der Waals surface area contributed by atoms with Gasteiger partial charge in [0.15, 0.2) is 5.69 Å². The molecule has 1 heterocycles. The van der Waals surface area contributed by atoms with Crippen LogP contribution < -0.4 is 11.4 Å². The fourth-order valence-electron chi connectivity index (χ4n) is 1.76. The SMILES string of the molecule is CCCCSc1nnc(-c2cccc(C)c2)c(=O)n1N. The quantitative estimate of drug-likeness (QED) is 0.519. The topological polar surface area (TPSA) is 73.8 Å². The molecule has 2 aromatic rings. The molecule has 5 nitrogen and oxygen atoms in total. The van der Waals surface area contributed by atoms with E-state index in [2.05, 4.69) is 17.1 Å². The van der Waals surface area contributed by atoms with E-state index in [0.717, 1.165) is 34.4 Å². The van der Waals surface area contributed by atoms with E-state index in [1.54, 1.807) is 0 Å². The van der Waals surface area contributed by atoms with Crippen LogP contribution in [0.5, 0.6) is 0 Å². The second-order valence-electron chi connectivity index (χ2n) is 4.58. The zero-order chi connectivity index (χ0) is 14.5. The lowest BCUT2D eigenvalue weighted by Crippen LogP contribution is -2.32. The van der Waals surface area contributed by atoms with Crippen LogP contribution in [0.25, 0.3) is 11.3 Å². The van der Waals surface area contributed by atoms with Crippen LogP contribution >= 0.6 is 11.8 Å². The smallest absolute Gasteiger partial charge is 0.299 e. The molecule has 0 spiro atoms. The molecule has 1 aromatic heterocycles. The molecule has 0 bridgehead atoms. The molecule has 1 aromatic carbocycles. The van der Waals surface area contributed by atoms with E-state index in [0.29, 0.717) is 5.16 Å². The Hall–Kier alpha value is -1.82. The van der Waals surface area contributed by atoms with Gasteiger partial charge in [0, 0.05) is 11.3 Å². The Morgan fingerprint density at radius 3 is 2.85 bits per heavy atom. The number of nitrogens with two attached hydrogens (primary N) is 1. The molecule has 2 N–H and O–H groups in total. The lowest BCUT2D eigenvalue weighted by Gasteiger charge is -2.07. The number of unbranched alkanes of at least 4 members (excludes halogenated alkanes) is 1. The van der Waals surface area contributed by atoms with Crippen molar-refractivity contribution < 1.29 is 0 Å². The van der Waals surface area contributed by atoms with Crippen molar-refractivity contribution in [3.63, 3.8) is 0 Å². The molecule has 0 saturated carbocycles. The molecule has 0 radical (unpaired) electrons. The fourth-order valence-corrected chi connectivity index (χ4v) is 2.70. The van der Waals surface area contributed by atoms with Gasteiger partial charge in [-0.15, -0.1) is 10.2 Å². The molecule has 0 atom stereocenters. The Bertz CT molecular complexity index is 654. The summed E-state index contributed by atoms with van der Waals surface area (Å²) in [5.74, 6) is 6.70. The minimum absolute atomic E-state index is 0.288. The molecule has 2 rings (SSSR count). The van der Waals surface area contributed by atoms with E-state index in [1.165, 1.54) is 11.8 Å². The summed E-state index contributed by atoms with van der Waals surface area (Å²) in [5.41, 5.74) is 1.78. The molecule has 0 fully saturated rings. The van der Waals surface area contributed by atoms with Gasteiger partial charge in [0.1, 0.15) is 0 Å². The van der Waals surface area contributed by atoms with Gasteiger partial charge in [-0.2, -0.15) is 4.68 Å². The molecule has 0 unspecified atom stereocenters. The molecule has 106 valence electrons. The predicted molar refractivity (Wildman–Crippen MR) is 82.2 cm³/mol. The van der Waals surface area contributed by atoms with Crippen LogP contribution in [0.4, 0.5) is 0 Å². The molecular weight excluding hydrogens is 272 g/mol. The second kappa shape index (κ2) is 6.56. The monoisotopic (exact) mass is 290 g/mol. The van der Waals surface area contributed by atoms with E-state index >= 15 is 0 Å². The van der Waals surface area contributed by atoms with E-state index in [1.807, 2.05) is 31.2 Å². The zero-order valence-electron chi connectivity index (χ0n) is 11.7. The average molecular weight is 290 g/mol. The molecule has 0 aliphatic heterocycles. The number of aryl methyl sites for hydroxylation is 1. The van der Waals surface area contributed by atoms with Crippen LogP contribution in [0.3, 0.4) is 0 Å². The van der Waals surface area contributed by atoms with Crippen molar-refractivity contribution in [1.29, 1.82) is 0 Å². The van der Waals surface area contributed by atoms with Gasteiger partial charge >= 0.3 is 0 Å². The first-order valence-corrected chi connectivity index (χ1v) is 7.56. The number of nitrogens with zero attached hydrogens (tertiary/aromatic N) is 3. The van der Waals surface area contributed by atoms with Crippen LogP contribution in [-0.4, -0.2) is 20.6 Å². The van der Waals surface area contributed by atoms with E-state index in [-0.39, 0.29) is 11.3 Å². The Morgan fingerprint density at radius 2 is 2.15 bits per heavy atom. The van der Waals surface area contributed by atoms with Gasteiger partial charge in [-0.25, -0.2) is 0 Å². The molecular formula is C14H18N4OS. The third-order valence-corrected chi connectivity index (χ3v) is 3.91. The minimum atomic E-state index is -0.315. The summed E-state index contributed by atoms with van der Waals surface area (Å²) < 4.78 is 1.09. The summed E-state index contributed by atoms with van der Waals surface area (Å²) in [7, 11) is 0. The highest BCUT2D eigenvalue weighted by molar-refractivity contribution is 7.99. The Kier molecular flexibility index (Phi) is 4.79. The van der Waals surface area contributed by atoms with Crippen LogP contribution in [0.1, 0.15) is 25.3 Å². The van der Waals surface area contributed by atoms with E-state index in [4.69, 9.17) is 5.84 Å². The van der Waals surface area contributed by atoms with Crippen LogP contribution in [0.2, 0.25) is 0 Å². The Labute approximate surface area is 122 Å². The molecule has 0 amide bonds. The summed E-state index contributed by atoms with van der Waals surface area (Å²) in [5, 5.41) is 8.57. The maximum absolute atomic E-state index is 12.3. The van der Waals surface area contributed by atoms with Gasteiger partial charge in [-0.05, 0) is 19.4 Å². The minimum Gasteiger partial charge on any atom is -0.334 e. The van der Waals surface area contributed by atoms with Gasteiger partial charge in [-0.3, -0.25) is 4.79 Å². The number of benzene rings is 1. The van der Waals surface area contributed by atoms with Crippen molar-refractivity contribution in [3.8, 4) is 11.3 Å². The molecule has 6 heteroatoms. The molecule has 0 aliphatic rings. The van der Waals surface area contributed by atoms with Crippen LogP contribution in [-0.2, 0) is 0 Å². The van der Waals surface area contributed by atoms with Crippen molar-refractivity contribution in [3.05, 3.63) is 40.2 Å². The summed E-state index contributed by atoms with van der Waals surface area (Å²) in [6.07, 6.45) is 2.15. The molecule has 0 aliphatic carbocycles. The fraction of sp³-hybridized carbons (Fsp3) is 0.357. The van der Waals surface area contributed by atoms with Gasteiger partial charge in [0.25, 0.3) is 5.56 Å². The van der Waals surface area contributed by atoms with Crippen LogP contribution in [0.15, 0.2) is 34.2 Å². The van der Waals surface area contributed by atoms with Crippen molar-refractivity contribution in [2.75, 3.05) is 11.6 Å². The summed E-state index contributed by atoms with van der Waals surface area (Å²) in [6.45, 7) is 4.08. The normalized spacial score (nSPS) is 10.7. The van der Waals surface area contributed by atoms with Gasteiger partial charge in [0.2, 0.25) is 5.16 Å². The molecule has 0 saturated heterocycles. The Balaban J connectivity index is 2.34. The van der Waals surface area contributed by atoms with E-state index in [9.17, 15) is 4.79 Å². The van der Waals surface area contributed by atoms with Crippen LogP contribution in [0, 0.1) is 6.92 Å². The summed E-state index contributed by atoms with van der Waals surface area (Å²) in [6, 6.07) is 7.58. The van der Waals surface area contributed by atoms with Crippen molar-refractivity contribution in [1.82, 2.24) is 14.9 Å². The lowest BCUT2D eigenvalue weighted by atomic mass is 10.1. The first-order valence-electron chi connectivity index (χ1n) is 6.58. The van der Waals surface area contributed by atoms with E-state index < -0.39 is 0 Å². The first-order chi connectivity index (χ1) is 9.63. The standard InChI is InChI=1S/C14H18N4OS/c1-3-4-8-20-14-17-16-12(13(19)18(14)15)11-7-5-6-10(2)9-11/h5-7,9H,3-4,8,15H2,1-2H3.